The standard InChI is InChI=1S/C15H24N4O/c1-18(2)15(7-4-8-15)10-19(3)13-9-11(16)5-6-12(13)14(17)20/h5-6,9H,4,7-8,10,16H2,1-3H3,(H2,17,20). The van der Waals surface area contributed by atoms with E-state index in [4.69, 9.17) is 11.5 Å². The lowest BCUT2D eigenvalue weighted by atomic mass is 9.75. The molecule has 0 aliphatic heterocycles. The average Bonchev–Trinajstić information content (AvgIpc) is 2.32. The number of rotatable bonds is 5. The summed E-state index contributed by atoms with van der Waals surface area (Å²) in [5, 5.41) is 0. The Morgan fingerprint density at radius 3 is 2.40 bits per heavy atom. The molecule has 2 rings (SSSR count). The summed E-state index contributed by atoms with van der Waals surface area (Å²) in [5.74, 6) is -0.417. The Labute approximate surface area is 120 Å². The van der Waals surface area contributed by atoms with E-state index in [-0.39, 0.29) is 5.54 Å². The van der Waals surface area contributed by atoms with Gasteiger partial charge in [0.05, 0.1) is 11.3 Å². The van der Waals surface area contributed by atoms with Gasteiger partial charge in [-0.3, -0.25) is 4.79 Å². The van der Waals surface area contributed by atoms with Crippen LogP contribution in [0.1, 0.15) is 29.6 Å². The molecular weight excluding hydrogens is 252 g/mol. The number of nitrogens with zero attached hydrogens (tertiary/aromatic N) is 2. The van der Waals surface area contributed by atoms with E-state index >= 15 is 0 Å². The van der Waals surface area contributed by atoms with Crippen LogP contribution in [0.2, 0.25) is 0 Å². The van der Waals surface area contributed by atoms with E-state index < -0.39 is 5.91 Å². The molecule has 1 fully saturated rings. The Morgan fingerprint density at radius 2 is 1.95 bits per heavy atom. The van der Waals surface area contributed by atoms with Gasteiger partial charge in [0.25, 0.3) is 5.91 Å². The lowest BCUT2D eigenvalue weighted by Gasteiger charge is -2.49. The molecule has 20 heavy (non-hydrogen) atoms. The van der Waals surface area contributed by atoms with Crippen molar-refractivity contribution in [3.8, 4) is 0 Å². The number of nitrogen functional groups attached to an aromatic ring is 1. The smallest absolute Gasteiger partial charge is 0.250 e. The van der Waals surface area contributed by atoms with Crippen molar-refractivity contribution in [1.82, 2.24) is 4.90 Å². The Hall–Kier alpha value is -1.75. The fourth-order valence-corrected chi connectivity index (χ4v) is 2.93. The van der Waals surface area contributed by atoms with Crippen molar-refractivity contribution in [2.75, 3.05) is 38.3 Å². The minimum atomic E-state index is -0.417. The molecule has 1 aliphatic carbocycles. The second-order valence-electron chi connectivity index (χ2n) is 5.97. The van der Waals surface area contributed by atoms with Crippen LogP contribution in [-0.2, 0) is 0 Å². The average molecular weight is 276 g/mol. The number of primary amides is 1. The summed E-state index contributed by atoms with van der Waals surface area (Å²) in [6.45, 7) is 0.865. The van der Waals surface area contributed by atoms with Gasteiger partial charge in [-0.15, -0.1) is 0 Å². The monoisotopic (exact) mass is 276 g/mol. The fraction of sp³-hybridized carbons (Fsp3) is 0.533. The van der Waals surface area contributed by atoms with Crippen LogP contribution >= 0.6 is 0 Å². The van der Waals surface area contributed by atoms with Gasteiger partial charge in [0.15, 0.2) is 0 Å². The maximum atomic E-state index is 11.6. The zero-order chi connectivity index (χ0) is 14.9. The number of nitrogens with two attached hydrogens (primary N) is 2. The minimum absolute atomic E-state index is 0.189. The first kappa shape index (κ1) is 14.7. The summed E-state index contributed by atoms with van der Waals surface area (Å²) in [4.78, 5) is 15.9. The van der Waals surface area contributed by atoms with Gasteiger partial charge >= 0.3 is 0 Å². The van der Waals surface area contributed by atoms with Crippen molar-refractivity contribution < 1.29 is 4.79 Å². The quantitative estimate of drug-likeness (QED) is 0.795. The van der Waals surface area contributed by atoms with Crippen LogP contribution in [0.15, 0.2) is 18.2 Å². The predicted octanol–water partition coefficient (Wildman–Crippen LogP) is 1.29. The highest BCUT2D eigenvalue weighted by atomic mass is 16.1. The van der Waals surface area contributed by atoms with Crippen molar-refractivity contribution >= 4 is 17.3 Å². The number of anilines is 2. The number of carbonyl (C=O) groups excluding carboxylic acids is 1. The van der Waals surface area contributed by atoms with E-state index in [1.165, 1.54) is 19.3 Å². The summed E-state index contributed by atoms with van der Waals surface area (Å²) in [6.07, 6.45) is 3.61. The van der Waals surface area contributed by atoms with Gasteiger partial charge in [-0.25, -0.2) is 0 Å². The van der Waals surface area contributed by atoms with Crippen LogP contribution in [0, 0.1) is 0 Å². The molecule has 0 atom stereocenters. The van der Waals surface area contributed by atoms with Gasteiger partial charge in [-0.05, 0) is 51.6 Å². The minimum Gasteiger partial charge on any atom is -0.399 e. The lowest BCUT2D eigenvalue weighted by molar-refractivity contribution is 0.0682. The third kappa shape index (κ3) is 2.58. The third-order valence-corrected chi connectivity index (χ3v) is 4.46. The first-order valence-corrected chi connectivity index (χ1v) is 6.94. The molecule has 0 unspecified atom stereocenters. The number of carbonyl (C=O) groups is 1. The predicted molar refractivity (Wildman–Crippen MR) is 82.9 cm³/mol. The Morgan fingerprint density at radius 1 is 1.30 bits per heavy atom. The van der Waals surface area contributed by atoms with Gasteiger partial charge < -0.3 is 21.3 Å². The van der Waals surface area contributed by atoms with Crippen molar-refractivity contribution in [1.29, 1.82) is 0 Å². The number of amides is 1. The normalized spacial score (nSPS) is 16.8. The highest BCUT2D eigenvalue weighted by Crippen LogP contribution is 2.38. The molecule has 1 saturated carbocycles. The summed E-state index contributed by atoms with van der Waals surface area (Å²) in [7, 11) is 6.22. The summed E-state index contributed by atoms with van der Waals surface area (Å²) < 4.78 is 0. The summed E-state index contributed by atoms with van der Waals surface area (Å²) in [6, 6.07) is 5.23. The topological polar surface area (TPSA) is 75.6 Å². The van der Waals surface area contributed by atoms with Gasteiger partial charge in [0, 0.05) is 24.8 Å². The molecule has 0 heterocycles. The number of benzene rings is 1. The SMILES string of the molecule is CN(CC1(N(C)C)CCC1)c1cc(N)ccc1C(N)=O. The van der Waals surface area contributed by atoms with Crippen LogP contribution < -0.4 is 16.4 Å². The molecule has 0 saturated heterocycles. The van der Waals surface area contributed by atoms with Crippen LogP contribution in [0.5, 0.6) is 0 Å². The molecule has 0 aromatic heterocycles. The van der Waals surface area contributed by atoms with E-state index in [2.05, 4.69) is 23.9 Å². The molecule has 110 valence electrons. The molecule has 5 nitrogen and oxygen atoms in total. The third-order valence-electron chi connectivity index (χ3n) is 4.46. The molecular formula is C15H24N4O. The van der Waals surface area contributed by atoms with E-state index in [1.54, 1.807) is 12.1 Å². The van der Waals surface area contributed by atoms with E-state index in [9.17, 15) is 4.79 Å². The molecule has 0 bridgehead atoms. The van der Waals surface area contributed by atoms with E-state index in [0.717, 1.165) is 12.2 Å². The van der Waals surface area contributed by atoms with Crippen molar-refractivity contribution in [3.63, 3.8) is 0 Å². The Kier molecular flexibility index (Phi) is 3.90. The Balaban J connectivity index is 2.27. The molecule has 0 radical (unpaired) electrons. The molecule has 1 aliphatic rings. The summed E-state index contributed by atoms with van der Waals surface area (Å²) in [5.41, 5.74) is 13.5. The molecule has 5 heteroatoms. The second-order valence-corrected chi connectivity index (χ2v) is 5.97. The van der Waals surface area contributed by atoms with Crippen molar-refractivity contribution in [3.05, 3.63) is 23.8 Å². The van der Waals surface area contributed by atoms with Crippen LogP contribution in [0.4, 0.5) is 11.4 Å². The van der Waals surface area contributed by atoms with Gasteiger partial charge in [-0.2, -0.15) is 0 Å². The lowest BCUT2D eigenvalue weighted by Crippen LogP contribution is -2.56. The maximum absolute atomic E-state index is 11.6. The van der Waals surface area contributed by atoms with E-state index in [1.807, 2.05) is 13.1 Å². The zero-order valence-electron chi connectivity index (χ0n) is 12.5. The van der Waals surface area contributed by atoms with Crippen LogP contribution in [-0.4, -0.2) is 44.0 Å². The van der Waals surface area contributed by atoms with Gasteiger partial charge in [0.2, 0.25) is 0 Å². The van der Waals surface area contributed by atoms with Gasteiger partial charge in [-0.1, -0.05) is 0 Å². The number of hydrogen-bond acceptors (Lipinski definition) is 4. The fourth-order valence-electron chi connectivity index (χ4n) is 2.93. The second kappa shape index (κ2) is 5.32. The largest absolute Gasteiger partial charge is 0.399 e. The summed E-state index contributed by atoms with van der Waals surface area (Å²) >= 11 is 0. The zero-order valence-corrected chi connectivity index (χ0v) is 12.5. The van der Waals surface area contributed by atoms with Crippen LogP contribution in [0.3, 0.4) is 0 Å². The van der Waals surface area contributed by atoms with Crippen molar-refractivity contribution in [2.45, 2.75) is 24.8 Å². The number of likely N-dealkylation sites (N-methyl/N-ethyl adjacent to an activating group) is 2. The first-order valence-electron chi connectivity index (χ1n) is 6.94. The van der Waals surface area contributed by atoms with Crippen LogP contribution in [0.25, 0.3) is 0 Å². The number of hydrogen-bond donors (Lipinski definition) is 2. The molecule has 1 aromatic rings. The van der Waals surface area contributed by atoms with Gasteiger partial charge in [0.1, 0.15) is 0 Å². The molecule has 4 N–H and O–H groups in total. The van der Waals surface area contributed by atoms with Crippen molar-refractivity contribution in [2.24, 2.45) is 5.73 Å². The molecule has 0 spiro atoms. The molecule has 1 aromatic carbocycles. The first-order chi connectivity index (χ1) is 9.35. The highest BCUT2D eigenvalue weighted by molar-refractivity contribution is 5.99. The van der Waals surface area contributed by atoms with E-state index in [0.29, 0.717) is 11.3 Å². The highest BCUT2D eigenvalue weighted by Gasteiger charge is 2.40. The maximum Gasteiger partial charge on any atom is 0.250 e. The Bertz CT molecular complexity index is 509. The molecule has 1 amide bonds.